The average Bonchev–Trinajstić information content (AvgIpc) is 2.94. The molecule has 0 bridgehead atoms. The van der Waals surface area contributed by atoms with Crippen molar-refractivity contribution in [2.24, 2.45) is 5.92 Å². The van der Waals surface area contributed by atoms with E-state index in [1.165, 1.54) is 6.92 Å². The first-order valence-corrected chi connectivity index (χ1v) is 7.27. The van der Waals surface area contributed by atoms with E-state index in [0.29, 0.717) is 5.69 Å². The second kappa shape index (κ2) is 6.51. The number of rotatable bonds is 5. The number of pyridine rings is 1. The van der Waals surface area contributed by atoms with Crippen molar-refractivity contribution >= 4 is 17.4 Å². The maximum absolute atomic E-state index is 12.2. The van der Waals surface area contributed by atoms with Crippen molar-refractivity contribution in [3.05, 3.63) is 30.4 Å². The smallest absolute Gasteiger partial charge is 0.221 e. The summed E-state index contributed by atoms with van der Waals surface area (Å²) in [5.74, 6) is -0.519. The Bertz CT molecular complexity index is 704. The van der Waals surface area contributed by atoms with Gasteiger partial charge in [0.25, 0.3) is 0 Å². The van der Waals surface area contributed by atoms with Crippen LogP contribution in [-0.4, -0.2) is 26.5 Å². The molecular weight excluding hydrogens is 280 g/mol. The molecule has 0 unspecified atom stereocenters. The van der Waals surface area contributed by atoms with E-state index in [9.17, 15) is 9.59 Å². The molecule has 0 spiro atoms. The van der Waals surface area contributed by atoms with Gasteiger partial charge in [0.2, 0.25) is 5.91 Å². The molecule has 6 nitrogen and oxygen atoms in total. The van der Waals surface area contributed by atoms with Crippen molar-refractivity contribution < 1.29 is 9.59 Å². The zero-order valence-corrected chi connectivity index (χ0v) is 13.3. The summed E-state index contributed by atoms with van der Waals surface area (Å²) >= 11 is 0. The summed E-state index contributed by atoms with van der Waals surface area (Å²) in [4.78, 5) is 27.9. The zero-order chi connectivity index (χ0) is 16.3. The van der Waals surface area contributed by atoms with Gasteiger partial charge in [-0.2, -0.15) is 5.10 Å². The molecule has 0 aliphatic carbocycles. The number of ketones is 1. The van der Waals surface area contributed by atoms with Gasteiger partial charge in [0, 0.05) is 42.9 Å². The number of hydrogen-bond donors (Lipinski definition) is 1. The van der Waals surface area contributed by atoms with Crippen LogP contribution in [0.2, 0.25) is 0 Å². The third-order valence-electron chi connectivity index (χ3n) is 3.25. The van der Waals surface area contributed by atoms with Crippen LogP contribution < -0.4 is 5.32 Å². The number of anilines is 1. The molecule has 0 aliphatic rings. The van der Waals surface area contributed by atoms with Crippen molar-refractivity contribution in [3.8, 4) is 11.1 Å². The first-order chi connectivity index (χ1) is 10.4. The normalized spacial score (nSPS) is 10.8. The molecule has 0 aromatic carbocycles. The molecular formula is C16H20N4O2. The van der Waals surface area contributed by atoms with Gasteiger partial charge >= 0.3 is 0 Å². The second-order valence-electron chi connectivity index (χ2n) is 5.41. The number of nitrogens with one attached hydrogen (secondary N) is 1. The van der Waals surface area contributed by atoms with Crippen molar-refractivity contribution in [2.75, 3.05) is 5.32 Å². The molecule has 2 rings (SSSR count). The molecule has 2 heterocycles. The summed E-state index contributed by atoms with van der Waals surface area (Å²) in [6.45, 7) is 7.80. The summed E-state index contributed by atoms with van der Waals surface area (Å²) < 4.78 is 1.81. The van der Waals surface area contributed by atoms with Gasteiger partial charge in [0.05, 0.1) is 11.9 Å². The molecule has 0 saturated carbocycles. The fourth-order valence-corrected chi connectivity index (χ4v) is 2.06. The lowest BCUT2D eigenvalue weighted by atomic mass is 10.0. The lowest BCUT2D eigenvalue weighted by Gasteiger charge is -2.11. The third-order valence-corrected chi connectivity index (χ3v) is 3.25. The number of amides is 1. The summed E-state index contributed by atoms with van der Waals surface area (Å²) in [5, 5.41) is 6.91. The fraction of sp³-hybridized carbons (Fsp3) is 0.375. The molecule has 1 amide bonds. The molecule has 6 heteroatoms. The van der Waals surface area contributed by atoms with Gasteiger partial charge in [-0.1, -0.05) is 13.8 Å². The van der Waals surface area contributed by atoms with E-state index in [0.717, 1.165) is 17.7 Å². The van der Waals surface area contributed by atoms with Crippen molar-refractivity contribution in [1.29, 1.82) is 0 Å². The van der Waals surface area contributed by atoms with Gasteiger partial charge in [0.1, 0.15) is 5.69 Å². The molecule has 116 valence electrons. The Hall–Kier alpha value is -2.50. The van der Waals surface area contributed by atoms with Crippen LogP contribution in [0.3, 0.4) is 0 Å². The van der Waals surface area contributed by atoms with Crippen molar-refractivity contribution in [3.63, 3.8) is 0 Å². The standard InChI is InChI=1S/C16H20N4O2/c1-5-20-9-13(8-18-20)12-6-14(19-11(4)21)15(17-7-12)16(22)10(2)3/h6-10H,5H2,1-4H3,(H,19,21). The highest BCUT2D eigenvalue weighted by atomic mass is 16.1. The van der Waals surface area contributed by atoms with Gasteiger partial charge < -0.3 is 5.32 Å². The highest BCUT2D eigenvalue weighted by Crippen LogP contribution is 2.25. The van der Waals surface area contributed by atoms with E-state index >= 15 is 0 Å². The van der Waals surface area contributed by atoms with Crippen molar-refractivity contribution in [1.82, 2.24) is 14.8 Å². The van der Waals surface area contributed by atoms with Gasteiger partial charge in [-0.3, -0.25) is 19.3 Å². The minimum absolute atomic E-state index is 0.0976. The highest BCUT2D eigenvalue weighted by Gasteiger charge is 2.18. The van der Waals surface area contributed by atoms with E-state index in [4.69, 9.17) is 0 Å². The van der Waals surface area contributed by atoms with Crippen LogP contribution in [0.1, 0.15) is 38.2 Å². The van der Waals surface area contributed by atoms with E-state index < -0.39 is 0 Å². The van der Waals surface area contributed by atoms with Crippen LogP contribution >= 0.6 is 0 Å². The number of nitrogens with zero attached hydrogens (tertiary/aromatic N) is 3. The van der Waals surface area contributed by atoms with Gasteiger partial charge in [0.15, 0.2) is 5.78 Å². The molecule has 2 aromatic rings. The Morgan fingerprint density at radius 3 is 2.55 bits per heavy atom. The molecule has 0 atom stereocenters. The average molecular weight is 300 g/mol. The number of aromatic nitrogens is 3. The van der Waals surface area contributed by atoms with E-state index in [2.05, 4.69) is 15.4 Å². The Labute approximate surface area is 129 Å². The van der Waals surface area contributed by atoms with Crippen molar-refractivity contribution in [2.45, 2.75) is 34.2 Å². The van der Waals surface area contributed by atoms with Gasteiger partial charge in [-0.15, -0.1) is 0 Å². The highest BCUT2D eigenvalue weighted by molar-refractivity contribution is 6.04. The Kier molecular flexibility index (Phi) is 4.70. The molecule has 0 aliphatic heterocycles. The molecule has 0 saturated heterocycles. The number of carbonyl (C=O) groups is 2. The quantitative estimate of drug-likeness (QED) is 0.861. The van der Waals surface area contributed by atoms with E-state index in [1.54, 1.807) is 37.0 Å². The van der Waals surface area contributed by atoms with Gasteiger partial charge in [-0.25, -0.2) is 0 Å². The third kappa shape index (κ3) is 3.39. The topological polar surface area (TPSA) is 76.9 Å². The Morgan fingerprint density at radius 2 is 2.00 bits per heavy atom. The zero-order valence-electron chi connectivity index (χ0n) is 13.3. The lowest BCUT2D eigenvalue weighted by Crippen LogP contribution is -2.16. The van der Waals surface area contributed by atoms with Crippen LogP contribution in [-0.2, 0) is 11.3 Å². The Morgan fingerprint density at radius 1 is 1.27 bits per heavy atom. The molecule has 0 fully saturated rings. The van der Waals surface area contributed by atoms with Crippen LogP contribution in [0.25, 0.3) is 11.1 Å². The summed E-state index contributed by atoms with van der Waals surface area (Å²) in [7, 11) is 0. The predicted octanol–water partition coefficient (Wildman–Crippen LogP) is 2.76. The summed E-state index contributed by atoms with van der Waals surface area (Å²) in [6, 6.07) is 1.76. The van der Waals surface area contributed by atoms with Gasteiger partial charge in [-0.05, 0) is 13.0 Å². The SMILES string of the molecule is CCn1cc(-c2cnc(C(=O)C(C)C)c(NC(C)=O)c2)cn1. The maximum Gasteiger partial charge on any atom is 0.221 e. The monoisotopic (exact) mass is 300 g/mol. The van der Waals surface area contributed by atoms with Crippen LogP contribution in [0.4, 0.5) is 5.69 Å². The predicted molar refractivity (Wildman–Crippen MR) is 84.6 cm³/mol. The molecule has 2 aromatic heterocycles. The number of Topliss-reactive ketones (excluding diaryl/α,β-unsaturated/α-hetero) is 1. The van der Waals surface area contributed by atoms with Crippen LogP contribution in [0.5, 0.6) is 0 Å². The minimum Gasteiger partial charge on any atom is -0.324 e. The number of carbonyl (C=O) groups excluding carboxylic acids is 2. The first kappa shape index (κ1) is 15.9. The van der Waals surface area contributed by atoms with Crippen LogP contribution in [0, 0.1) is 5.92 Å². The first-order valence-electron chi connectivity index (χ1n) is 7.27. The minimum atomic E-state index is -0.235. The Balaban J connectivity index is 2.46. The van der Waals surface area contributed by atoms with E-state index in [-0.39, 0.29) is 23.3 Å². The van der Waals surface area contributed by atoms with Crippen LogP contribution in [0.15, 0.2) is 24.7 Å². The largest absolute Gasteiger partial charge is 0.324 e. The summed E-state index contributed by atoms with van der Waals surface area (Å²) in [6.07, 6.45) is 5.28. The second-order valence-corrected chi connectivity index (χ2v) is 5.41. The lowest BCUT2D eigenvalue weighted by molar-refractivity contribution is -0.114. The fourth-order valence-electron chi connectivity index (χ4n) is 2.06. The molecule has 0 radical (unpaired) electrons. The number of hydrogen-bond acceptors (Lipinski definition) is 4. The van der Waals surface area contributed by atoms with E-state index in [1.807, 2.05) is 13.1 Å². The summed E-state index contributed by atoms with van der Waals surface area (Å²) in [5.41, 5.74) is 2.43. The number of aryl methyl sites for hydroxylation is 1. The molecule has 1 N–H and O–H groups in total. The molecule has 22 heavy (non-hydrogen) atoms. The maximum atomic E-state index is 12.2.